The molecular formula is C7H5F3O. The minimum absolute atomic E-state index is 0.544. The van der Waals surface area contributed by atoms with Gasteiger partial charge in [-0.2, -0.15) is 0 Å². The zero-order chi connectivity index (χ0) is 8.43. The number of phenols is 1. The Hall–Kier alpha value is -1.19. The molecule has 0 amide bonds. The number of benzene rings is 1. The summed E-state index contributed by atoms with van der Waals surface area (Å²) in [5, 5.41) is 8.61. The Morgan fingerprint density at radius 3 is 2.00 bits per heavy atom. The molecule has 0 heterocycles. The molecule has 0 saturated heterocycles. The zero-order valence-corrected chi connectivity index (χ0v) is 5.44. The van der Waals surface area contributed by atoms with E-state index in [0.29, 0.717) is 12.1 Å². The average Bonchev–Trinajstić information content (AvgIpc) is 1.85. The molecule has 0 spiro atoms. The van der Waals surface area contributed by atoms with E-state index in [-0.39, 0.29) is 0 Å². The van der Waals surface area contributed by atoms with E-state index in [1.165, 1.54) is 0 Å². The van der Waals surface area contributed by atoms with Crippen LogP contribution in [0.15, 0.2) is 12.1 Å². The lowest BCUT2D eigenvalue weighted by Gasteiger charge is -1.99. The first-order chi connectivity index (χ1) is 5.15. The Bertz CT molecular complexity index is 249. The molecule has 1 rings (SSSR count). The third-order valence-corrected chi connectivity index (χ3v) is 1.26. The van der Waals surface area contributed by atoms with Gasteiger partial charge >= 0.3 is 0 Å². The van der Waals surface area contributed by atoms with Gasteiger partial charge in [0.1, 0.15) is 24.1 Å². The van der Waals surface area contributed by atoms with Crippen molar-refractivity contribution < 1.29 is 18.3 Å². The first kappa shape index (κ1) is 7.91. The minimum Gasteiger partial charge on any atom is -0.508 e. The number of hydrogen-bond donors (Lipinski definition) is 1. The van der Waals surface area contributed by atoms with E-state index >= 15 is 0 Å². The van der Waals surface area contributed by atoms with Crippen molar-refractivity contribution in [2.45, 2.75) is 6.67 Å². The third-order valence-electron chi connectivity index (χ3n) is 1.26. The third kappa shape index (κ3) is 1.45. The van der Waals surface area contributed by atoms with Crippen molar-refractivity contribution in [1.82, 2.24) is 0 Å². The predicted molar refractivity (Wildman–Crippen MR) is 32.8 cm³/mol. The fraction of sp³-hybridized carbons (Fsp3) is 0.143. The van der Waals surface area contributed by atoms with Gasteiger partial charge in [-0.1, -0.05) is 0 Å². The molecule has 0 atom stereocenters. The molecule has 0 unspecified atom stereocenters. The summed E-state index contributed by atoms with van der Waals surface area (Å²) in [4.78, 5) is 0. The van der Waals surface area contributed by atoms with E-state index in [1.807, 2.05) is 0 Å². The molecule has 0 saturated carbocycles. The second-order valence-corrected chi connectivity index (χ2v) is 2.02. The maximum Gasteiger partial charge on any atom is 0.135 e. The molecule has 0 aromatic heterocycles. The normalized spacial score (nSPS) is 10.1. The maximum absolute atomic E-state index is 12.5. The van der Waals surface area contributed by atoms with Crippen molar-refractivity contribution in [2.75, 3.05) is 0 Å². The Morgan fingerprint density at radius 2 is 1.64 bits per heavy atom. The molecule has 1 aromatic carbocycles. The topological polar surface area (TPSA) is 20.2 Å². The Morgan fingerprint density at radius 1 is 1.18 bits per heavy atom. The van der Waals surface area contributed by atoms with Crippen LogP contribution >= 0.6 is 0 Å². The molecule has 0 aliphatic heterocycles. The molecule has 0 fully saturated rings. The highest BCUT2D eigenvalue weighted by molar-refractivity contribution is 5.28. The summed E-state index contributed by atoms with van der Waals surface area (Å²) in [5.74, 6) is -2.67. The van der Waals surface area contributed by atoms with Gasteiger partial charge < -0.3 is 5.11 Å². The first-order valence-electron chi connectivity index (χ1n) is 2.88. The zero-order valence-electron chi connectivity index (χ0n) is 5.44. The van der Waals surface area contributed by atoms with E-state index < -0.39 is 29.6 Å². The van der Waals surface area contributed by atoms with Gasteiger partial charge in [-0.3, -0.25) is 0 Å². The van der Waals surface area contributed by atoms with Crippen molar-refractivity contribution >= 4 is 0 Å². The minimum atomic E-state index is -1.21. The molecule has 60 valence electrons. The van der Waals surface area contributed by atoms with Crippen molar-refractivity contribution in [1.29, 1.82) is 0 Å². The Labute approximate surface area is 61.1 Å². The van der Waals surface area contributed by atoms with Crippen molar-refractivity contribution in [3.63, 3.8) is 0 Å². The van der Waals surface area contributed by atoms with Gasteiger partial charge in [-0.25, -0.2) is 13.2 Å². The average molecular weight is 162 g/mol. The van der Waals surface area contributed by atoms with Crippen LogP contribution in [0.3, 0.4) is 0 Å². The van der Waals surface area contributed by atoms with Gasteiger partial charge in [0.05, 0.1) is 5.56 Å². The van der Waals surface area contributed by atoms with Crippen LogP contribution in [0.2, 0.25) is 0 Å². The van der Waals surface area contributed by atoms with Gasteiger partial charge in [0.15, 0.2) is 0 Å². The summed E-state index contributed by atoms with van der Waals surface area (Å²) in [6.45, 7) is -1.21. The van der Waals surface area contributed by atoms with E-state index in [0.717, 1.165) is 0 Å². The summed E-state index contributed by atoms with van der Waals surface area (Å²) >= 11 is 0. The van der Waals surface area contributed by atoms with Crippen molar-refractivity contribution in [2.24, 2.45) is 0 Å². The standard InChI is InChI=1S/C7H5F3O/c8-3-5-6(9)1-4(11)2-7(5)10/h1-2,11H,3H2. The summed E-state index contributed by atoms with van der Waals surface area (Å²) in [6.07, 6.45) is 0. The number of phenolic OH excluding ortho intramolecular Hbond substituents is 1. The lowest BCUT2D eigenvalue weighted by molar-refractivity contribution is 0.424. The smallest absolute Gasteiger partial charge is 0.135 e. The molecule has 1 nitrogen and oxygen atoms in total. The molecular weight excluding hydrogens is 157 g/mol. The summed E-state index contributed by atoms with van der Waals surface area (Å²) in [7, 11) is 0. The van der Waals surface area contributed by atoms with Gasteiger partial charge in [0.25, 0.3) is 0 Å². The van der Waals surface area contributed by atoms with Crippen molar-refractivity contribution in [3.8, 4) is 5.75 Å². The maximum atomic E-state index is 12.5. The Balaban J connectivity index is 3.25. The molecule has 1 aromatic rings. The summed E-state index contributed by atoms with van der Waals surface area (Å²) in [5.41, 5.74) is -0.650. The monoisotopic (exact) mass is 162 g/mol. The SMILES string of the molecule is Oc1cc(F)c(CF)c(F)c1. The van der Waals surface area contributed by atoms with Crippen LogP contribution in [0.1, 0.15) is 5.56 Å². The highest BCUT2D eigenvalue weighted by Crippen LogP contribution is 2.19. The number of halogens is 3. The van der Waals surface area contributed by atoms with Gasteiger partial charge in [0, 0.05) is 12.1 Å². The predicted octanol–water partition coefficient (Wildman–Crippen LogP) is 2.14. The fourth-order valence-electron chi connectivity index (χ4n) is 0.717. The van der Waals surface area contributed by atoms with Crippen LogP contribution in [-0.4, -0.2) is 5.11 Å². The fourth-order valence-corrected chi connectivity index (χ4v) is 0.717. The molecule has 0 aliphatic carbocycles. The van der Waals surface area contributed by atoms with Gasteiger partial charge in [-0.05, 0) is 0 Å². The first-order valence-corrected chi connectivity index (χ1v) is 2.88. The van der Waals surface area contributed by atoms with Crippen LogP contribution in [0.5, 0.6) is 5.75 Å². The molecule has 1 N–H and O–H groups in total. The number of rotatable bonds is 1. The molecule has 0 radical (unpaired) electrons. The highest BCUT2D eigenvalue weighted by Gasteiger charge is 2.09. The van der Waals surface area contributed by atoms with Gasteiger partial charge in [0.2, 0.25) is 0 Å². The second-order valence-electron chi connectivity index (χ2n) is 2.02. The van der Waals surface area contributed by atoms with Crippen LogP contribution in [0.25, 0.3) is 0 Å². The highest BCUT2D eigenvalue weighted by atomic mass is 19.1. The van der Waals surface area contributed by atoms with E-state index in [2.05, 4.69) is 0 Å². The lowest BCUT2D eigenvalue weighted by atomic mass is 10.2. The van der Waals surface area contributed by atoms with Crippen LogP contribution in [0.4, 0.5) is 13.2 Å². The molecule has 0 aliphatic rings. The molecule has 0 bridgehead atoms. The largest absolute Gasteiger partial charge is 0.508 e. The molecule has 4 heteroatoms. The lowest BCUT2D eigenvalue weighted by Crippen LogP contribution is -1.91. The number of alkyl halides is 1. The van der Waals surface area contributed by atoms with E-state index in [9.17, 15) is 13.2 Å². The van der Waals surface area contributed by atoms with E-state index in [1.54, 1.807) is 0 Å². The second kappa shape index (κ2) is 2.82. The van der Waals surface area contributed by atoms with Gasteiger partial charge in [-0.15, -0.1) is 0 Å². The summed E-state index contributed by atoms with van der Waals surface area (Å²) in [6, 6.07) is 1.33. The van der Waals surface area contributed by atoms with E-state index in [4.69, 9.17) is 5.11 Å². The van der Waals surface area contributed by atoms with Crippen LogP contribution in [0, 0.1) is 11.6 Å². The quantitative estimate of drug-likeness (QED) is 0.670. The van der Waals surface area contributed by atoms with Crippen LogP contribution in [-0.2, 0) is 6.67 Å². The summed E-state index contributed by atoms with van der Waals surface area (Å²) < 4.78 is 36.8. The van der Waals surface area contributed by atoms with Crippen molar-refractivity contribution in [3.05, 3.63) is 29.3 Å². The Kier molecular flexibility index (Phi) is 2.03. The number of aromatic hydroxyl groups is 1. The molecule has 11 heavy (non-hydrogen) atoms. The van der Waals surface area contributed by atoms with Crippen LogP contribution < -0.4 is 0 Å². The number of hydrogen-bond acceptors (Lipinski definition) is 1.